The molecule has 1 aromatic heterocycles. The number of carbonyl (C=O) groups excluding carboxylic acids is 2. The zero-order chi connectivity index (χ0) is 20.0. The van der Waals surface area contributed by atoms with Crippen LogP contribution in [-0.2, 0) is 0 Å². The predicted molar refractivity (Wildman–Crippen MR) is 107 cm³/mol. The molecular weight excluding hydrogens is 342 g/mol. The summed E-state index contributed by atoms with van der Waals surface area (Å²) in [5.74, 6) is -0.336. The fourth-order valence-corrected chi connectivity index (χ4v) is 3.31. The predicted octanol–water partition coefficient (Wildman–Crippen LogP) is 3.27. The molecule has 0 aromatic carbocycles. The molecule has 1 aromatic rings. The molecule has 1 atom stereocenters. The molecule has 2 N–H and O–H groups in total. The van der Waals surface area contributed by atoms with Gasteiger partial charge < -0.3 is 15.2 Å². The van der Waals surface area contributed by atoms with E-state index in [0.29, 0.717) is 12.5 Å². The topological polar surface area (TPSA) is 80.2 Å². The number of amides is 2. The second kappa shape index (κ2) is 9.72. The van der Waals surface area contributed by atoms with Crippen LogP contribution in [0.5, 0.6) is 0 Å². The summed E-state index contributed by atoms with van der Waals surface area (Å²) in [6.45, 7) is 8.55. The van der Waals surface area contributed by atoms with Crippen LogP contribution in [0.1, 0.15) is 93.0 Å². The van der Waals surface area contributed by atoms with Gasteiger partial charge in [-0.3, -0.25) is 14.4 Å². The van der Waals surface area contributed by atoms with Crippen molar-refractivity contribution >= 4 is 11.8 Å². The molecule has 6 heteroatoms. The van der Waals surface area contributed by atoms with Crippen LogP contribution in [0.15, 0.2) is 17.2 Å². The molecule has 0 saturated heterocycles. The van der Waals surface area contributed by atoms with Gasteiger partial charge in [-0.2, -0.15) is 0 Å². The van der Waals surface area contributed by atoms with Crippen molar-refractivity contribution in [3.63, 3.8) is 0 Å². The summed E-state index contributed by atoms with van der Waals surface area (Å²) in [7, 11) is 0. The SMILES string of the molecule is CC[C@H](C)NC(=O)c1cn(C2CCCC2)cc(C(=O)NCCC(C)C)c1=O. The standard InChI is InChI=1S/C21H33N3O3/c1-5-15(4)23-21(27)18-13-24(16-8-6-7-9-16)12-17(19(18)25)20(26)22-11-10-14(2)3/h12-16H,5-11H2,1-4H3,(H,22,26)(H,23,27)/t15-/m0/s1. The van der Waals surface area contributed by atoms with Gasteiger partial charge in [-0.25, -0.2) is 0 Å². The fraction of sp³-hybridized carbons (Fsp3) is 0.667. The number of hydrogen-bond donors (Lipinski definition) is 2. The molecule has 1 fully saturated rings. The lowest BCUT2D eigenvalue weighted by Crippen LogP contribution is -2.38. The molecule has 1 saturated carbocycles. The molecule has 27 heavy (non-hydrogen) atoms. The largest absolute Gasteiger partial charge is 0.352 e. The molecule has 1 heterocycles. The van der Waals surface area contributed by atoms with E-state index in [1.165, 1.54) is 0 Å². The highest BCUT2D eigenvalue weighted by atomic mass is 16.2. The smallest absolute Gasteiger partial charge is 0.256 e. The number of rotatable bonds is 8. The van der Waals surface area contributed by atoms with Gasteiger partial charge in [0.25, 0.3) is 11.8 Å². The number of hydrogen-bond acceptors (Lipinski definition) is 3. The first kappa shape index (κ1) is 21.2. The number of nitrogens with one attached hydrogen (secondary N) is 2. The van der Waals surface area contributed by atoms with Crippen molar-refractivity contribution in [3.05, 3.63) is 33.7 Å². The van der Waals surface area contributed by atoms with E-state index >= 15 is 0 Å². The molecule has 0 aliphatic heterocycles. The Morgan fingerprint density at radius 1 is 1.11 bits per heavy atom. The summed E-state index contributed by atoms with van der Waals surface area (Å²) in [6, 6.07) is 0.211. The van der Waals surface area contributed by atoms with Gasteiger partial charge in [-0.05, 0) is 38.5 Å². The second-order valence-corrected chi connectivity index (χ2v) is 8.02. The van der Waals surface area contributed by atoms with Crippen molar-refractivity contribution in [3.8, 4) is 0 Å². The number of carbonyl (C=O) groups is 2. The number of nitrogens with zero attached hydrogens (tertiary/aromatic N) is 1. The zero-order valence-corrected chi connectivity index (χ0v) is 17.0. The van der Waals surface area contributed by atoms with Gasteiger partial charge in [-0.1, -0.05) is 33.6 Å². The van der Waals surface area contributed by atoms with Crippen molar-refractivity contribution in [2.45, 2.75) is 78.3 Å². The highest BCUT2D eigenvalue weighted by Crippen LogP contribution is 2.29. The zero-order valence-electron chi connectivity index (χ0n) is 17.0. The monoisotopic (exact) mass is 375 g/mol. The second-order valence-electron chi connectivity index (χ2n) is 8.02. The lowest BCUT2D eigenvalue weighted by molar-refractivity contribution is 0.0937. The minimum Gasteiger partial charge on any atom is -0.352 e. The molecule has 1 aliphatic carbocycles. The third-order valence-electron chi connectivity index (χ3n) is 5.28. The van der Waals surface area contributed by atoms with Crippen LogP contribution < -0.4 is 16.1 Å². The number of aromatic nitrogens is 1. The van der Waals surface area contributed by atoms with Crippen molar-refractivity contribution in [2.24, 2.45) is 5.92 Å². The summed E-state index contributed by atoms with van der Waals surface area (Å²) < 4.78 is 1.90. The molecule has 1 aliphatic rings. The van der Waals surface area contributed by atoms with Crippen LogP contribution in [0, 0.1) is 5.92 Å². The van der Waals surface area contributed by atoms with Gasteiger partial charge in [0.2, 0.25) is 5.43 Å². The van der Waals surface area contributed by atoms with E-state index in [1.807, 2.05) is 18.4 Å². The Hall–Kier alpha value is -2.11. The van der Waals surface area contributed by atoms with Crippen molar-refractivity contribution in [1.29, 1.82) is 0 Å². The Morgan fingerprint density at radius 3 is 2.26 bits per heavy atom. The first-order valence-electron chi connectivity index (χ1n) is 10.2. The molecule has 0 unspecified atom stereocenters. The first-order chi connectivity index (χ1) is 12.8. The van der Waals surface area contributed by atoms with E-state index in [2.05, 4.69) is 24.5 Å². The summed E-state index contributed by atoms with van der Waals surface area (Å²) in [6.07, 6.45) is 9.13. The van der Waals surface area contributed by atoms with Crippen molar-refractivity contribution in [1.82, 2.24) is 15.2 Å². The molecule has 6 nitrogen and oxygen atoms in total. The molecule has 2 amide bonds. The van der Waals surface area contributed by atoms with Gasteiger partial charge in [0, 0.05) is 31.0 Å². The van der Waals surface area contributed by atoms with Crippen molar-refractivity contribution in [2.75, 3.05) is 6.54 Å². The quantitative estimate of drug-likeness (QED) is 0.732. The Bertz CT molecular complexity index is 718. The van der Waals surface area contributed by atoms with Gasteiger partial charge in [0.05, 0.1) is 0 Å². The van der Waals surface area contributed by atoms with Gasteiger partial charge >= 0.3 is 0 Å². The van der Waals surface area contributed by atoms with Crippen LogP contribution in [0.4, 0.5) is 0 Å². The normalized spacial score (nSPS) is 15.7. The van der Waals surface area contributed by atoms with Gasteiger partial charge in [0.15, 0.2) is 0 Å². The number of pyridine rings is 1. The molecule has 0 bridgehead atoms. The molecule has 2 rings (SSSR count). The highest BCUT2D eigenvalue weighted by molar-refractivity contribution is 5.99. The summed E-state index contributed by atoms with van der Waals surface area (Å²) in [5, 5.41) is 5.67. The Morgan fingerprint density at radius 2 is 1.70 bits per heavy atom. The third-order valence-corrected chi connectivity index (χ3v) is 5.28. The van der Waals surface area contributed by atoms with Crippen LogP contribution in [0.25, 0.3) is 0 Å². The average molecular weight is 376 g/mol. The van der Waals surface area contributed by atoms with E-state index in [4.69, 9.17) is 0 Å². The lowest BCUT2D eigenvalue weighted by atomic mass is 10.1. The summed E-state index contributed by atoms with van der Waals surface area (Å²) in [4.78, 5) is 38.1. The third kappa shape index (κ3) is 5.68. The van der Waals surface area contributed by atoms with E-state index in [-0.39, 0.29) is 23.2 Å². The Labute approximate surface area is 161 Å². The minimum atomic E-state index is -0.493. The van der Waals surface area contributed by atoms with E-state index in [9.17, 15) is 14.4 Å². The molecular formula is C21H33N3O3. The maximum atomic E-state index is 12.9. The maximum absolute atomic E-state index is 12.9. The van der Waals surface area contributed by atoms with E-state index in [0.717, 1.165) is 38.5 Å². The maximum Gasteiger partial charge on any atom is 0.256 e. The highest BCUT2D eigenvalue weighted by Gasteiger charge is 2.23. The van der Waals surface area contributed by atoms with Crippen molar-refractivity contribution < 1.29 is 9.59 Å². The molecule has 0 spiro atoms. The van der Waals surface area contributed by atoms with Gasteiger partial charge in [-0.15, -0.1) is 0 Å². The first-order valence-corrected chi connectivity index (χ1v) is 10.2. The van der Waals surface area contributed by atoms with Crippen LogP contribution in [-0.4, -0.2) is 29.0 Å². The Balaban J connectivity index is 2.34. The van der Waals surface area contributed by atoms with Crippen LogP contribution >= 0.6 is 0 Å². The average Bonchev–Trinajstić information content (AvgIpc) is 3.15. The van der Waals surface area contributed by atoms with Gasteiger partial charge in [0.1, 0.15) is 11.1 Å². The minimum absolute atomic E-state index is 0.0274. The van der Waals surface area contributed by atoms with E-state index in [1.54, 1.807) is 12.4 Å². The van der Waals surface area contributed by atoms with Crippen LogP contribution in [0.3, 0.4) is 0 Å². The van der Waals surface area contributed by atoms with Crippen LogP contribution in [0.2, 0.25) is 0 Å². The Kier molecular flexibility index (Phi) is 7.63. The molecule has 0 radical (unpaired) electrons. The molecule has 150 valence electrons. The fourth-order valence-electron chi connectivity index (χ4n) is 3.31. The lowest BCUT2D eigenvalue weighted by Gasteiger charge is -2.18. The summed E-state index contributed by atoms with van der Waals surface area (Å²) >= 11 is 0. The van der Waals surface area contributed by atoms with E-state index < -0.39 is 17.2 Å². The summed E-state index contributed by atoms with van der Waals surface area (Å²) in [5.41, 5.74) is -0.381.